The zero-order valence-corrected chi connectivity index (χ0v) is 11.1. The summed E-state index contributed by atoms with van der Waals surface area (Å²) in [6.45, 7) is 2.99. The average molecular weight is 266 g/mol. The molecule has 0 aromatic heterocycles. The first-order valence-corrected chi connectivity index (χ1v) is 6.77. The minimum atomic E-state index is -0.546. The van der Waals surface area contributed by atoms with E-state index in [-0.39, 0.29) is 5.69 Å². The van der Waals surface area contributed by atoms with Gasteiger partial charge in [-0.3, -0.25) is 10.1 Å². The molecular weight excluding hydrogens is 247 g/mol. The van der Waals surface area contributed by atoms with Crippen LogP contribution in [0.15, 0.2) is 18.2 Å². The van der Waals surface area contributed by atoms with Crippen LogP contribution in [0.5, 0.6) is 0 Å². The third-order valence-corrected chi connectivity index (χ3v) is 3.55. The smallest absolute Gasteiger partial charge is 0.272 e. The molecule has 1 aromatic rings. The Hall–Kier alpha value is -1.49. The molecule has 1 aromatic carbocycles. The zero-order chi connectivity index (χ0) is 13.8. The van der Waals surface area contributed by atoms with Gasteiger partial charge in [-0.2, -0.15) is 0 Å². The number of rotatable bonds is 7. The molecule has 0 spiro atoms. The number of nitrogens with one attached hydrogen (secondary N) is 1. The van der Waals surface area contributed by atoms with Crippen LogP contribution in [0.4, 0.5) is 10.1 Å². The topological polar surface area (TPSA) is 55.2 Å². The quantitative estimate of drug-likeness (QED) is 0.609. The second-order valence-corrected chi connectivity index (χ2v) is 5.12. The van der Waals surface area contributed by atoms with Crippen molar-refractivity contribution < 1.29 is 9.31 Å². The summed E-state index contributed by atoms with van der Waals surface area (Å²) >= 11 is 0. The standard InChI is InChI=1S/C14H19FN2O2/c1-2-16-14(11-4-5-11)6-3-10-7-12(15)9-13(8-10)17(18)19/h7-9,11,14,16H,2-6H2,1H3. The number of nitro benzene ring substituents is 1. The largest absolute Gasteiger partial charge is 0.314 e. The second-order valence-electron chi connectivity index (χ2n) is 5.12. The van der Waals surface area contributed by atoms with Gasteiger partial charge in [0.2, 0.25) is 0 Å². The summed E-state index contributed by atoms with van der Waals surface area (Å²) in [5.41, 5.74) is 0.539. The van der Waals surface area contributed by atoms with Crippen molar-refractivity contribution >= 4 is 5.69 Å². The van der Waals surface area contributed by atoms with Gasteiger partial charge in [-0.15, -0.1) is 0 Å². The van der Waals surface area contributed by atoms with Crippen molar-refractivity contribution in [1.29, 1.82) is 0 Å². The molecule has 19 heavy (non-hydrogen) atoms. The van der Waals surface area contributed by atoms with Crippen molar-refractivity contribution in [3.63, 3.8) is 0 Å². The van der Waals surface area contributed by atoms with E-state index in [0.717, 1.165) is 24.9 Å². The van der Waals surface area contributed by atoms with Crippen LogP contribution in [0.2, 0.25) is 0 Å². The van der Waals surface area contributed by atoms with Gasteiger partial charge in [0.15, 0.2) is 0 Å². The molecule has 5 heteroatoms. The first-order valence-electron chi connectivity index (χ1n) is 6.77. The Balaban J connectivity index is 1.99. The molecule has 104 valence electrons. The molecule has 1 fully saturated rings. The third kappa shape index (κ3) is 3.99. The van der Waals surface area contributed by atoms with Crippen LogP contribution in [0, 0.1) is 21.8 Å². The highest BCUT2D eigenvalue weighted by Crippen LogP contribution is 2.34. The fourth-order valence-electron chi connectivity index (χ4n) is 2.47. The Morgan fingerprint density at radius 2 is 2.21 bits per heavy atom. The number of benzene rings is 1. The van der Waals surface area contributed by atoms with Crippen molar-refractivity contribution in [2.75, 3.05) is 6.54 Å². The van der Waals surface area contributed by atoms with Gasteiger partial charge in [-0.05, 0) is 49.8 Å². The number of halogens is 1. The number of hydrogen-bond donors (Lipinski definition) is 1. The van der Waals surface area contributed by atoms with Crippen LogP contribution >= 0.6 is 0 Å². The number of nitro groups is 1. The average Bonchev–Trinajstić information content (AvgIpc) is 3.18. The Morgan fingerprint density at radius 1 is 1.47 bits per heavy atom. The molecule has 1 aliphatic rings. The molecule has 1 aliphatic carbocycles. The fraction of sp³-hybridized carbons (Fsp3) is 0.571. The molecule has 0 amide bonds. The third-order valence-electron chi connectivity index (χ3n) is 3.55. The molecule has 0 radical (unpaired) electrons. The van der Waals surface area contributed by atoms with Crippen LogP contribution in [0.3, 0.4) is 0 Å². The van der Waals surface area contributed by atoms with Gasteiger partial charge in [0.25, 0.3) is 5.69 Å². The van der Waals surface area contributed by atoms with E-state index in [1.165, 1.54) is 25.0 Å². The Morgan fingerprint density at radius 3 is 2.79 bits per heavy atom. The van der Waals surface area contributed by atoms with Crippen LogP contribution in [0.1, 0.15) is 31.7 Å². The Kier molecular flexibility index (Phi) is 4.47. The Bertz CT molecular complexity index is 461. The summed E-state index contributed by atoms with van der Waals surface area (Å²) in [7, 11) is 0. The van der Waals surface area contributed by atoms with Crippen LogP contribution in [-0.4, -0.2) is 17.5 Å². The first kappa shape index (κ1) is 13.9. The first-order chi connectivity index (χ1) is 9.10. The number of non-ortho nitro benzene ring substituents is 1. The van der Waals surface area contributed by atoms with Crippen molar-refractivity contribution in [2.45, 2.75) is 38.6 Å². The predicted octanol–water partition coefficient (Wildman–Crippen LogP) is 3.05. The summed E-state index contributed by atoms with van der Waals surface area (Å²) in [4.78, 5) is 10.1. The van der Waals surface area contributed by atoms with E-state index in [1.807, 2.05) is 0 Å². The SMILES string of the molecule is CCNC(CCc1cc(F)cc([N+](=O)[O-])c1)C1CC1. The van der Waals surface area contributed by atoms with Gasteiger partial charge in [-0.1, -0.05) is 6.92 Å². The maximum Gasteiger partial charge on any atom is 0.272 e. The summed E-state index contributed by atoms with van der Waals surface area (Å²) in [6.07, 6.45) is 4.08. The lowest BCUT2D eigenvalue weighted by Gasteiger charge is -2.16. The van der Waals surface area contributed by atoms with Gasteiger partial charge in [0.1, 0.15) is 5.82 Å². The summed E-state index contributed by atoms with van der Waals surface area (Å²) in [5.74, 6) is 0.194. The summed E-state index contributed by atoms with van der Waals surface area (Å²) < 4.78 is 13.3. The van der Waals surface area contributed by atoms with E-state index in [9.17, 15) is 14.5 Å². The van der Waals surface area contributed by atoms with Crippen LogP contribution in [0.25, 0.3) is 0 Å². The highest BCUT2D eigenvalue weighted by atomic mass is 19.1. The number of nitrogens with zero attached hydrogens (tertiary/aromatic N) is 1. The Labute approximate surface area is 112 Å². The lowest BCUT2D eigenvalue weighted by Crippen LogP contribution is -2.31. The molecule has 0 bridgehead atoms. The molecule has 1 N–H and O–H groups in total. The summed E-state index contributed by atoms with van der Waals surface area (Å²) in [6, 6.07) is 4.28. The van der Waals surface area contributed by atoms with Gasteiger partial charge < -0.3 is 5.32 Å². The molecule has 0 heterocycles. The lowest BCUT2D eigenvalue weighted by atomic mass is 10.0. The molecule has 0 saturated heterocycles. The van der Waals surface area contributed by atoms with Crippen LogP contribution in [-0.2, 0) is 6.42 Å². The summed E-state index contributed by atoms with van der Waals surface area (Å²) in [5, 5.41) is 14.1. The monoisotopic (exact) mass is 266 g/mol. The van der Waals surface area contributed by atoms with Gasteiger partial charge >= 0.3 is 0 Å². The fourth-order valence-corrected chi connectivity index (χ4v) is 2.47. The maximum absolute atomic E-state index is 13.3. The van der Waals surface area contributed by atoms with E-state index in [2.05, 4.69) is 12.2 Å². The van der Waals surface area contributed by atoms with E-state index in [4.69, 9.17) is 0 Å². The van der Waals surface area contributed by atoms with E-state index in [0.29, 0.717) is 18.0 Å². The molecule has 1 atom stereocenters. The van der Waals surface area contributed by atoms with Gasteiger partial charge in [0.05, 0.1) is 11.0 Å². The highest BCUT2D eigenvalue weighted by Gasteiger charge is 2.30. The molecular formula is C14H19FN2O2. The van der Waals surface area contributed by atoms with Crippen molar-refractivity contribution in [3.05, 3.63) is 39.7 Å². The van der Waals surface area contributed by atoms with E-state index in [1.54, 1.807) is 0 Å². The second kappa shape index (κ2) is 6.10. The van der Waals surface area contributed by atoms with Crippen molar-refractivity contribution in [2.24, 2.45) is 5.92 Å². The van der Waals surface area contributed by atoms with Crippen molar-refractivity contribution in [3.8, 4) is 0 Å². The van der Waals surface area contributed by atoms with Crippen LogP contribution < -0.4 is 5.32 Å². The van der Waals surface area contributed by atoms with Gasteiger partial charge in [-0.25, -0.2) is 4.39 Å². The minimum absolute atomic E-state index is 0.165. The lowest BCUT2D eigenvalue weighted by molar-refractivity contribution is -0.385. The molecule has 1 saturated carbocycles. The minimum Gasteiger partial charge on any atom is -0.314 e. The van der Waals surface area contributed by atoms with Gasteiger partial charge in [0, 0.05) is 12.1 Å². The van der Waals surface area contributed by atoms with E-state index >= 15 is 0 Å². The molecule has 1 unspecified atom stereocenters. The van der Waals surface area contributed by atoms with E-state index < -0.39 is 10.7 Å². The number of aryl methyl sites for hydroxylation is 1. The molecule has 0 aliphatic heterocycles. The normalized spacial score (nSPS) is 16.3. The zero-order valence-electron chi connectivity index (χ0n) is 11.1. The highest BCUT2D eigenvalue weighted by molar-refractivity contribution is 5.35. The molecule has 2 rings (SSSR count). The molecule has 4 nitrogen and oxygen atoms in total. The van der Waals surface area contributed by atoms with Crippen molar-refractivity contribution in [1.82, 2.24) is 5.32 Å². The maximum atomic E-state index is 13.3. The predicted molar refractivity (Wildman–Crippen MR) is 71.6 cm³/mol. The number of hydrogen-bond acceptors (Lipinski definition) is 3.